The number of nitrogens with zero attached hydrogens (tertiary/aromatic N) is 2. The molecule has 1 unspecified atom stereocenters. The summed E-state index contributed by atoms with van der Waals surface area (Å²) in [6.45, 7) is 13.6. The van der Waals surface area contributed by atoms with Gasteiger partial charge in [0.25, 0.3) is 11.8 Å². The smallest absolute Gasteiger partial charge is 0.325 e. The third kappa shape index (κ3) is 10.6. The fourth-order valence-corrected chi connectivity index (χ4v) is 3.37. The van der Waals surface area contributed by atoms with Gasteiger partial charge in [-0.3, -0.25) is 29.2 Å². The first-order valence-corrected chi connectivity index (χ1v) is 13.0. The molecule has 3 N–H and O–H groups in total. The fraction of sp³-hybridized carbons (Fsp3) is 0.577. The van der Waals surface area contributed by atoms with Crippen LogP contribution in [0.1, 0.15) is 54.4 Å². The monoisotopic (exact) mass is 571 g/mol. The van der Waals surface area contributed by atoms with E-state index in [0.29, 0.717) is 30.7 Å². The Kier molecular flexibility index (Phi) is 12.7. The quantitative estimate of drug-likeness (QED) is 0.151. The summed E-state index contributed by atoms with van der Waals surface area (Å²) < 4.78 is 3.91. The first kappa shape index (κ1) is 33.3. The first-order chi connectivity index (χ1) is 17.5. The van der Waals surface area contributed by atoms with Crippen LogP contribution >= 0.6 is 23.2 Å². The Balaban J connectivity index is 2.85. The number of hydrazine groups is 1. The molecule has 10 nitrogen and oxygen atoms in total. The molecule has 0 aromatic carbocycles. The lowest BCUT2D eigenvalue weighted by molar-refractivity contribution is -0.153. The molecule has 2 atom stereocenters. The van der Waals surface area contributed by atoms with Gasteiger partial charge in [-0.2, -0.15) is 0 Å². The third-order valence-corrected chi connectivity index (χ3v) is 5.83. The van der Waals surface area contributed by atoms with Crippen LogP contribution in [0.25, 0.3) is 0 Å². The molecule has 1 fully saturated rings. The number of carbonyl (C=O) groups is 4. The van der Waals surface area contributed by atoms with Crippen LogP contribution in [-0.4, -0.2) is 71.0 Å². The van der Waals surface area contributed by atoms with Gasteiger partial charge in [-0.25, -0.2) is 5.43 Å². The number of halogens is 2. The standard InChI is InChI=1S/C26H39Cl2N5O5/c1-9-18(29-8)12-13-25(5,6)24(37)31-20(16(2)3)21(34)30-17(4)22(35)33-14-10-11-19(32-33)23(36)38-15-26(7,27)28/h9,12-13,17,19,32H,1,10-11,14-15H2,2-8H3,(H,30,34)(H,31,37)/b13-12+,29-18?/t17?,19-/m0/s1. The van der Waals surface area contributed by atoms with E-state index in [1.807, 2.05) is 0 Å². The Hall–Kier alpha value is -2.69. The number of nitrogens with one attached hydrogen (secondary N) is 3. The van der Waals surface area contributed by atoms with Crippen LogP contribution in [0.4, 0.5) is 0 Å². The largest absolute Gasteiger partial charge is 0.461 e. The lowest BCUT2D eigenvalue weighted by Crippen LogP contribution is -2.59. The number of hydrogen-bond donors (Lipinski definition) is 3. The summed E-state index contributed by atoms with van der Waals surface area (Å²) in [5, 5.41) is 6.59. The second kappa shape index (κ2) is 14.5. The Bertz CT molecular complexity index is 1010. The molecule has 0 spiro atoms. The van der Waals surface area contributed by atoms with Crippen molar-refractivity contribution in [3.05, 3.63) is 36.1 Å². The summed E-state index contributed by atoms with van der Waals surface area (Å²) in [5.41, 5.74) is 3.09. The van der Waals surface area contributed by atoms with Gasteiger partial charge in [0.05, 0.1) is 11.1 Å². The minimum atomic E-state index is -1.22. The molecular formula is C26H39Cl2N5O5. The molecule has 1 aliphatic heterocycles. The minimum Gasteiger partial charge on any atom is -0.461 e. The molecule has 0 saturated carbocycles. The second-order valence-electron chi connectivity index (χ2n) is 9.92. The molecule has 1 rings (SSSR count). The van der Waals surface area contributed by atoms with E-state index in [4.69, 9.17) is 27.9 Å². The number of ether oxygens (including phenoxy) is 1. The molecule has 1 heterocycles. The number of amides is 3. The molecule has 1 saturated heterocycles. The zero-order valence-corrected chi connectivity index (χ0v) is 24.6. The lowest BCUT2D eigenvalue weighted by Gasteiger charge is -2.34. The van der Waals surface area contributed by atoms with E-state index in [0.717, 1.165) is 0 Å². The van der Waals surface area contributed by atoms with E-state index in [1.54, 1.807) is 53.0 Å². The topological polar surface area (TPSA) is 129 Å². The Morgan fingerprint density at radius 2 is 1.87 bits per heavy atom. The van der Waals surface area contributed by atoms with E-state index in [2.05, 4.69) is 27.6 Å². The van der Waals surface area contributed by atoms with E-state index in [9.17, 15) is 19.2 Å². The van der Waals surface area contributed by atoms with Gasteiger partial charge in [-0.15, -0.1) is 0 Å². The molecule has 3 amide bonds. The van der Waals surface area contributed by atoms with E-state index in [-0.39, 0.29) is 12.3 Å². The van der Waals surface area contributed by atoms with Gasteiger partial charge in [0, 0.05) is 13.6 Å². The summed E-state index contributed by atoms with van der Waals surface area (Å²) in [5.74, 6) is -2.06. The highest BCUT2D eigenvalue weighted by Crippen LogP contribution is 2.21. The molecule has 1 aliphatic rings. The van der Waals surface area contributed by atoms with Crippen LogP contribution in [0.2, 0.25) is 0 Å². The molecule has 0 aromatic heterocycles. The number of alkyl halides is 2. The van der Waals surface area contributed by atoms with E-state index < -0.39 is 45.5 Å². The summed E-state index contributed by atoms with van der Waals surface area (Å²) >= 11 is 11.7. The zero-order valence-electron chi connectivity index (χ0n) is 23.1. The van der Waals surface area contributed by atoms with Gasteiger partial charge < -0.3 is 15.4 Å². The van der Waals surface area contributed by atoms with Crippen molar-refractivity contribution in [3.63, 3.8) is 0 Å². The fourth-order valence-electron chi connectivity index (χ4n) is 3.26. The van der Waals surface area contributed by atoms with E-state index in [1.165, 1.54) is 18.9 Å². The Morgan fingerprint density at radius 3 is 2.39 bits per heavy atom. The van der Waals surface area contributed by atoms with Crippen molar-refractivity contribution in [2.45, 2.75) is 70.8 Å². The van der Waals surface area contributed by atoms with E-state index >= 15 is 0 Å². The van der Waals surface area contributed by atoms with Gasteiger partial charge >= 0.3 is 5.97 Å². The second-order valence-corrected chi connectivity index (χ2v) is 11.8. The molecule has 38 heavy (non-hydrogen) atoms. The molecular weight excluding hydrogens is 533 g/mol. The van der Waals surface area contributed by atoms with Crippen molar-refractivity contribution in [1.82, 2.24) is 21.1 Å². The van der Waals surface area contributed by atoms with Crippen molar-refractivity contribution in [3.8, 4) is 0 Å². The molecule has 212 valence electrons. The lowest BCUT2D eigenvalue weighted by atomic mass is 9.91. The van der Waals surface area contributed by atoms with Crippen molar-refractivity contribution < 1.29 is 23.9 Å². The molecule has 0 radical (unpaired) electrons. The third-order valence-electron chi connectivity index (χ3n) is 5.61. The highest BCUT2D eigenvalue weighted by molar-refractivity contribution is 6.48. The van der Waals surface area contributed by atoms with Gasteiger partial charge in [0.2, 0.25) is 5.91 Å². The first-order valence-electron chi connectivity index (χ1n) is 12.2. The summed E-state index contributed by atoms with van der Waals surface area (Å²) in [6, 6.07) is -1.71. The van der Waals surface area contributed by atoms with Crippen molar-refractivity contribution in [1.29, 1.82) is 0 Å². The highest BCUT2D eigenvalue weighted by Gasteiger charge is 2.33. The van der Waals surface area contributed by atoms with Crippen LogP contribution in [0.3, 0.4) is 0 Å². The van der Waals surface area contributed by atoms with Crippen LogP contribution < -0.4 is 16.1 Å². The maximum absolute atomic E-state index is 13.0. The van der Waals surface area contributed by atoms with Gasteiger partial charge in [0.1, 0.15) is 28.7 Å². The summed E-state index contributed by atoms with van der Waals surface area (Å²) in [4.78, 5) is 55.4. The summed E-state index contributed by atoms with van der Waals surface area (Å²) in [7, 11) is 1.62. The molecule has 12 heteroatoms. The average molecular weight is 573 g/mol. The van der Waals surface area contributed by atoms with Crippen LogP contribution in [0, 0.1) is 5.41 Å². The average Bonchev–Trinajstić information content (AvgIpc) is 2.84. The maximum Gasteiger partial charge on any atom is 0.325 e. The molecule has 0 aliphatic carbocycles. The Morgan fingerprint density at radius 1 is 1.24 bits per heavy atom. The van der Waals surface area contributed by atoms with Crippen molar-refractivity contribution >= 4 is 52.6 Å². The number of hydrogen-bond acceptors (Lipinski definition) is 7. The number of aliphatic imine (C=N–C) groups is 1. The van der Waals surface area contributed by atoms with Gasteiger partial charge in [-0.05, 0) is 72.1 Å². The molecule has 0 bridgehead atoms. The van der Waals surface area contributed by atoms with Crippen molar-refractivity contribution in [2.75, 3.05) is 20.2 Å². The van der Waals surface area contributed by atoms with Crippen LogP contribution in [0.5, 0.6) is 0 Å². The predicted octanol–water partition coefficient (Wildman–Crippen LogP) is 2.97. The minimum absolute atomic E-state index is 0.0440. The molecule has 0 aromatic rings. The SMILES string of the molecule is C=CC(/C=C/C(C)(C)C(=O)NC(C(=O)NC(C)C(=O)N1CCC[C@@H](C(=O)OCC(C)(Cl)Cl)N1)=C(C)C)=NC. The van der Waals surface area contributed by atoms with Crippen LogP contribution in [0.15, 0.2) is 41.1 Å². The van der Waals surface area contributed by atoms with Crippen molar-refractivity contribution in [2.24, 2.45) is 10.4 Å². The maximum atomic E-state index is 13.0. The van der Waals surface area contributed by atoms with Gasteiger partial charge in [-0.1, -0.05) is 35.9 Å². The predicted molar refractivity (Wildman–Crippen MR) is 150 cm³/mol. The van der Waals surface area contributed by atoms with Crippen LogP contribution in [-0.2, 0) is 23.9 Å². The number of rotatable bonds is 11. The highest BCUT2D eigenvalue weighted by atomic mass is 35.5. The number of allylic oxidation sites excluding steroid dienone is 3. The number of esters is 1. The summed E-state index contributed by atoms with van der Waals surface area (Å²) in [6.07, 6.45) is 5.92. The zero-order chi connectivity index (χ0) is 29.3. The van der Waals surface area contributed by atoms with Gasteiger partial charge in [0.15, 0.2) is 0 Å². The number of carbonyl (C=O) groups excluding carboxylic acids is 4. The normalized spacial score (nSPS) is 17.4. The Labute approximate surface area is 234 Å².